The number of hydrogen-bond acceptors (Lipinski definition) is 7. The van der Waals surface area contributed by atoms with Crippen LogP contribution in [0, 0.1) is 6.92 Å². The van der Waals surface area contributed by atoms with E-state index in [4.69, 9.17) is 4.74 Å². The van der Waals surface area contributed by atoms with Gasteiger partial charge in [0, 0.05) is 16.6 Å². The van der Waals surface area contributed by atoms with Crippen molar-refractivity contribution in [1.82, 2.24) is 10.2 Å². The summed E-state index contributed by atoms with van der Waals surface area (Å²) in [6.07, 6.45) is -0.193. The Balaban J connectivity index is 1.65. The number of nitrogens with one attached hydrogen (secondary N) is 2. The standard InChI is InChI=1S/C15H15BrN4O4S/c1-9-19-20-15(25-9)18-12(21)6-7-14(23)24-8-13(22)17-11-4-2-10(16)3-5-11/h2-5H,6-8H2,1H3,(H,17,22)(H,18,20,21). The van der Waals surface area contributed by atoms with Crippen molar-refractivity contribution < 1.29 is 19.1 Å². The van der Waals surface area contributed by atoms with Crippen molar-refractivity contribution in [3.63, 3.8) is 0 Å². The molecule has 0 spiro atoms. The average Bonchev–Trinajstić information content (AvgIpc) is 2.98. The highest BCUT2D eigenvalue weighted by Gasteiger charge is 2.12. The molecule has 2 N–H and O–H groups in total. The van der Waals surface area contributed by atoms with Gasteiger partial charge in [-0.3, -0.25) is 14.4 Å². The molecule has 0 saturated heterocycles. The lowest BCUT2D eigenvalue weighted by Gasteiger charge is -2.06. The zero-order valence-corrected chi connectivity index (χ0v) is 15.6. The van der Waals surface area contributed by atoms with Gasteiger partial charge >= 0.3 is 5.97 Å². The summed E-state index contributed by atoms with van der Waals surface area (Å²) in [4.78, 5) is 35.0. The van der Waals surface area contributed by atoms with E-state index in [1.807, 2.05) is 0 Å². The minimum absolute atomic E-state index is 0.0637. The Morgan fingerprint density at radius 3 is 2.44 bits per heavy atom. The molecule has 0 aliphatic heterocycles. The van der Waals surface area contributed by atoms with Gasteiger partial charge in [-0.25, -0.2) is 0 Å². The molecule has 2 aromatic rings. The molecule has 1 heterocycles. The maximum Gasteiger partial charge on any atom is 0.306 e. The molecule has 132 valence electrons. The van der Waals surface area contributed by atoms with Gasteiger partial charge in [0.2, 0.25) is 11.0 Å². The van der Waals surface area contributed by atoms with Crippen molar-refractivity contribution >= 4 is 55.9 Å². The van der Waals surface area contributed by atoms with Gasteiger partial charge in [-0.15, -0.1) is 10.2 Å². The number of nitrogens with zero attached hydrogens (tertiary/aromatic N) is 2. The Morgan fingerprint density at radius 2 is 1.80 bits per heavy atom. The maximum absolute atomic E-state index is 11.7. The van der Waals surface area contributed by atoms with E-state index in [1.165, 1.54) is 11.3 Å². The van der Waals surface area contributed by atoms with Gasteiger partial charge < -0.3 is 15.4 Å². The fourth-order valence-electron chi connectivity index (χ4n) is 1.69. The molecule has 0 saturated carbocycles. The summed E-state index contributed by atoms with van der Waals surface area (Å²) in [6, 6.07) is 6.98. The lowest BCUT2D eigenvalue weighted by Crippen LogP contribution is -2.21. The summed E-state index contributed by atoms with van der Waals surface area (Å²) in [5.74, 6) is -1.45. The van der Waals surface area contributed by atoms with Crippen LogP contribution in [-0.2, 0) is 19.1 Å². The fourth-order valence-corrected chi connectivity index (χ4v) is 2.57. The largest absolute Gasteiger partial charge is 0.456 e. The lowest BCUT2D eigenvalue weighted by molar-refractivity contribution is -0.147. The summed E-state index contributed by atoms with van der Waals surface area (Å²) in [5.41, 5.74) is 0.593. The Kier molecular flexibility index (Phi) is 7.02. The van der Waals surface area contributed by atoms with E-state index >= 15 is 0 Å². The van der Waals surface area contributed by atoms with E-state index in [2.05, 4.69) is 36.8 Å². The molecule has 25 heavy (non-hydrogen) atoms. The monoisotopic (exact) mass is 426 g/mol. The van der Waals surface area contributed by atoms with Gasteiger partial charge in [0.05, 0.1) is 6.42 Å². The van der Waals surface area contributed by atoms with Crippen LogP contribution in [0.5, 0.6) is 0 Å². The Labute approximate surface area is 156 Å². The third-order valence-electron chi connectivity index (χ3n) is 2.82. The number of rotatable bonds is 7. The first kappa shape index (κ1) is 19.0. The number of esters is 1. The smallest absolute Gasteiger partial charge is 0.306 e. The second-order valence-electron chi connectivity index (χ2n) is 4.89. The number of anilines is 2. The van der Waals surface area contributed by atoms with Crippen LogP contribution in [0.3, 0.4) is 0 Å². The van der Waals surface area contributed by atoms with Crippen LogP contribution < -0.4 is 10.6 Å². The van der Waals surface area contributed by atoms with E-state index in [-0.39, 0.29) is 18.7 Å². The van der Waals surface area contributed by atoms with Crippen molar-refractivity contribution in [2.75, 3.05) is 17.2 Å². The third kappa shape index (κ3) is 6.98. The molecular formula is C15H15BrN4O4S. The highest BCUT2D eigenvalue weighted by atomic mass is 79.9. The van der Waals surface area contributed by atoms with Crippen LogP contribution >= 0.6 is 27.3 Å². The van der Waals surface area contributed by atoms with E-state index in [9.17, 15) is 14.4 Å². The summed E-state index contributed by atoms with van der Waals surface area (Å²) >= 11 is 4.53. The van der Waals surface area contributed by atoms with E-state index in [0.717, 1.165) is 9.48 Å². The van der Waals surface area contributed by atoms with E-state index < -0.39 is 18.5 Å². The number of benzene rings is 1. The van der Waals surface area contributed by atoms with Gasteiger partial charge in [-0.1, -0.05) is 27.3 Å². The van der Waals surface area contributed by atoms with Crippen LogP contribution in [0.4, 0.5) is 10.8 Å². The molecule has 0 radical (unpaired) electrons. The number of carbonyl (C=O) groups is 3. The molecule has 0 aliphatic carbocycles. The number of amides is 2. The molecule has 0 aliphatic rings. The number of carbonyl (C=O) groups excluding carboxylic acids is 3. The SMILES string of the molecule is Cc1nnc(NC(=O)CCC(=O)OCC(=O)Nc2ccc(Br)cc2)s1. The van der Waals surface area contributed by atoms with E-state index in [1.54, 1.807) is 31.2 Å². The highest BCUT2D eigenvalue weighted by Crippen LogP contribution is 2.15. The van der Waals surface area contributed by atoms with Crippen molar-refractivity contribution in [3.8, 4) is 0 Å². The van der Waals surface area contributed by atoms with Gasteiger partial charge in [-0.2, -0.15) is 0 Å². The molecule has 0 atom stereocenters. The zero-order chi connectivity index (χ0) is 18.2. The van der Waals surface area contributed by atoms with Crippen molar-refractivity contribution in [2.45, 2.75) is 19.8 Å². The van der Waals surface area contributed by atoms with Crippen molar-refractivity contribution in [1.29, 1.82) is 0 Å². The molecule has 0 fully saturated rings. The van der Waals surface area contributed by atoms with Gasteiger partial charge in [0.15, 0.2) is 6.61 Å². The van der Waals surface area contributed by atoms with E-state index in [0.29, 0.717) is 10.8 Å². The summed E-state index contributed by atoms with van der Waals surface area (Å²) in [6.45, 7) is 1.36. The van der Waals surface area contributed by atoms with Gasteiger partial charge in [0.1, 0.15) is 5.01 Å². The lowest BCUT2D eigenvalue weighted by atomic mass is 10.3. The molecule has 10 heteroatoms. The van der Waals surface area contributed by atoms with Crippen LogP contribution in [-0.4, -0.2) is 34.6 Å². The zero-order valence-electron chi connectivity index (χ0n) is 13.2. The number of aryl methyl sites for hydroxylation is 1. The summed E-state index contributed by atoms with van der Waals surface area (Å²) in [5, 5.41) is 13.8. The highest BCUT2D eigenvalue weighted by molar-refractivity contribution is 9.10. The normalized spacial score (nSPS) is 10.2. The number of ether oxygens (including phenoxy) is 1. The first-order valence-electron chi connectivity index (χ1n) is 7.23. The molecule has 0 unspecified atom stereocenters. The Morgan fingerprint density at radius 1 is 1.08 bits per heavy atom. The first-order valence-corrected chi connectivity index (χ1v) is 8.84. The number of hydrogen-bond donors (Lipinski definition) is 2. The second-order valence-corrected chi connectivity index (χ2v) is 6.99. The fraction of sp³-hybridized carbons (Fsp3) is 0.267. The second kappa shape index (κ2) is 9.23. The minimum Gasteiger partial charge on any atom is -0.456 e. The predicted molar refractivity (Wildman–Crippen MR) is 96.2 cm³/mol. The van der Waals surface area contributed by atoms with Crippen LogP contribution in [0.15, 0.2) is 28.7 Å². The number of aromatic nitrogens is 2. The maximum atomic E-state index is 11.7. The molecule has 0 bridgehead atoms. The molecular weight excluding hydrogens is 412 g/mol. The van der Waals surface area contributed by atoms with Crippen molar-refractivity contribution in [2.24, 2.45) is 0 Å². The van der Waals surface area contributed by atoms with Crippen LogP contribution in [0.2, 0.25) is 0 Å². The molecule has 1 aromatic heterocycles. The average molecular weight is 427 g/mol. The minimum atomic E-state index is -0.630. The molecule has 2 amide bonds. The molecule has 8 nitrogen and oxygen atoms in total. The summed E-state index contributed by atoms with van der Waals surface area (Å²) in [7, 11) is 0. The van der Waals surface area contributed by atoms with Crippen LogP contribution in [0.25, 0.3) is 0 Å². The van der Waals surface area contributed by atoms with Crippen molar-refractivity contribution in [3.05, 3.63) is 33.7 Å². The quantitative estimate of drug-likeness (QED) is 0.657. The first-order chi connectivity index (χ1) is 11.9. The number of halogens is 1. The predicted octanol–water partition coefficient (Wildman–Crippen LogP) is 2.51. The topological polar surface area (TPSA) is 110 Å². The molecule has 2 rings (SSSR count). The molecule has 1 aromatic carbocycles. The third-order valence-corrected chi connectivity index (χ3v) is 4.10. The Hall–Kier alpha value is -2.33. The summed E-state index contributed by atoms with van der Waals surface area (Å²) < 4.78 is 5.73. The Bertz CT molecular complexity index is 763. The van der Waals surface area contributed by atoms with Crippen LogP contribution in [0.1, 0.15) is 17.8 Å². The van der Waals surface area contributed by atoms with Gasteiger partial charge in [-0.05, 0) is 31.2 Å². The van der Waals surface area contributed by atoms with Gasteiger partial charge in [0.25, 0.3) is 5.91 Å².